The van der Waals surface area contributed by atoms with E-state index >= 15 is 0 Å². The number of carbonyl (C=O) groups excluding carboxylic acids is 1. The highest BCUT2D eigenvalue weighted by Crippen LogP contribution is 2.38. The lowest BCUT2D eigenvalue weighted by Crippen LogP contribution is -2.12. The van der Waals surface area contributed by atoms with Gasteiger partial charge < -0.3 is 18.6 Å². The number of thiazole rings is 1. The summed E-state index contributed by atoms with van der Waals surface area (Å²) in [4.78, 5) is 31.1. The molecule has 2 aromatic carbocycles. The highest BCUT2D eigenvalue weighted by atomic mass is 32.1. The number of rotatable bonds is 6. The van der Waals surface area contributed by atoms with Crippen molar-refractivity contribution in [1.29, 1.82) is 0 Å². The lowest BCUT2D eigenvalue weighted by molar-refractivity contribution is 0.102. The van der Waals surface area contributed by atoms with Gasteiger partial charge in [-0.2, -0.15) is 0 Å². The van der Waals surface area contributed by atoms with Crippen LogP contribution in [0.1, 0.15) is 10.4 Å². The fourth-order valence-corrected chi connectivity index (χ4v) is 3.66. The molecule has 0 aliphatic rings. The third-order valence-electron chi connectivity index (χ3n) is 4.37. The smallest absolute Gasteiger partial charge is 0.417 e. The lowest BCUT2D eigenvalue weighted by atomic mass is 10.1. The van der Waals surface area contributed by atoms with Crippen molar-refractivity contribution in [2.75, 3.05) is 26.6 Å². The molecule has 0 saturated heterocycles. The second-order valence-corrected chi connectivity index (χ2v) is 6.99. The Kier molecular flexibility index (Phi) is 5.15. The molecule has 0 spiro atoms. The molecule has 4 rings (SSSR count). The summed E-state index contributed by atoms with van der Waals surface area (Å²) in [6, 6.07) is 8.39. The monoisotopic (exact) mass is 427 g/mol. The molecule has 0 fully saturated rings. The van der Waals surface area contributed by atoms with Crippen LogP contribution in [0.2, 0.25) is 0 Å². The van der Waals surface area contributed by atoms with Crippen molar-refractivity contribution in [3.8, 4) is 28.5 Å². The minimum Gasteiger partial charge on any atom is -0.493 e. The number of aromatic nitrogens is 2. The third-order valence-corrected chi connectivity index (χ3v) is 5.13. The number of aromatic amines is 1. The summed E-state index contributed by atoms with van der Waals surface area (Å²) in [6.45, 7) is 0. The molecular formula is C20H17N3O6S. The first-order valence-electron chi connectivity index (χ1n) is 8.72. The fraction of sp³-hybridized carbons (Fsp3) is 0.150. The van der Waals surface area contributed by atoms with E-state index in [1.165, 1.54) is 32.7 Å². The van der Waals surface area contributed by atoms with Gasteiger partial charge in [0, 0.05) is 16.5 Å². The predicted octanol–water partition coefficient (Wildman–Crippen LogP) is 3.52. The summed E-state index contributed by atoms with van der Waals surface area (Å²) in [6.07, 6.45) is 0. The molecule has 0 bridgehead atoms. The number of fused-ring (bicyclic) bond motifs is 1. The first kappa shape index (κ1) is 19.5. The van der Waals surface area contributed by atoms with Gasteiger partial charge in [-0.25, -0.2) is 9.78 Å². The third kappa shape index (κ3) is 3.60. The van der Waals surface area contributed by atoms with Gasteiger partial charge in [0.1, 0.15) is 0 Å². The molecule has 0 atom stereocenters. The van der Waals surface area contributed by atoms with Gasteiger partial charge in [-0.05, 0) is 24.3 Å². The number of ether oxygens (including phenoxy) is 3. The van der Waals surface area contributed by atoms with Gasteiger partial charge in [0.2, 0.25) is 5.75 Å². The van der Waals surface area contributed by atoms with Crippen LogP contribution < -0.4 is 25.3 Å². The van der Waals surface area contributed by atoms with E-state index in [1.807, 2.05) is 6.07 Å². The van der Waals surface area contributed by atoms with E-state index in [-0.39, 0.29) is 5.91 Å². The molecule has 2 heterocycles. The van der Waals surface area contributed by atoms with E-state index in [0.29, 0.717) is 44.7 Å². The summed E-state index contributed by atoms with van der Waals surface area (Å²) >= 11 is 1.28. The number of hydrogen-bond donors (Lipinski definition) is 2. The maximum absolute atomic E-state index is 12.7. The van der Waals surface area contributed by atoms with Crippen LogP contribution in [-0.4, -0.2) is 37.2 Å². The number of anilines is 1. The molecule has 0 aliphatic carbocycles. The van der Waals surface area contributed by atoms with Gasteiger partial charge in [-0.15, -0.1) is 11.3 Å². The Balaban J connectivity index is 1.58. The van der Waals surface area contributed by atoms with Gasteiger partial charge in [0.05, 0.1) is 32.5 Å². The zero-order valence-electron chi connectivity index (χ0n) is 16.3. The van der Waals surface area contributed by atoms with Crippen LogP contribution in [0.25, 0.3) is 22.4 Å². The van der Waals surface area contributed by atoms with Crippen LogP contribution in [0.4, 0.5) is 5.13 Å². The SMILES string of the molecule is COc1cc(C(=O)Nc2nc(-c3ccc4[nH]c(=O)oc4c3)cs2)cc(OC)c1OC. The number of carbonyl (C=O) groups is 1. The van der Waals surface area contributed by atoms with Crippen molar-refractivity contribution >= 4 is 33.5 Å². The van der Waals surface area contributed by atoms with Crippen LogP contribution >= 0.6 is 11.3 Å². The molecule has 2 N–H and O–H groups in total. The van der Waals surface area contributed by atoms with Crippen molar-refractivity contribution in [1.82, 2.24) is 9.97 Å². The van der Waals surface area contributed by atoms with Gasteiger partial charge >= 0.3 is 5.76 Å². The van der Waals surface area contributed by atoms with Gasteiger partial charge in [-0.3, -0.25) is 15.1 Å². The Morgan fingerprint density at radius 3 is 2.50 bits per heavy atom. The number of methoxy groups -OCH3 is 3. The lowest BCUT2D eigenvalue weighted by Gasteiger charge is -2.13. The second-order valence-electron chi connectivity index (χ2n) is 6.13. The van der Waals surface area contributed by atoms with Crippen molar-refractivity contribution in [2.45, 2.75) is 0 Å². The highest BCUT2D eigenvalue weighted by molar-refractivity contribution is 7.14. The van der Waals surface area contributed by atoms with E-state index in [2.05, 4.69) is 15.3 Å². The van der Waals surface area contributed by atoms with Gasteiger partial charge in [0.25, 0.3) is 5.91 Å². The Morgan fingerprint density at radius 2 is 1.83 bits per heavy atom. The van der Waals surface area contributed by atoms with E-state index in [4.69, 9.17) is 18.6 Å². The maximum atomic E-state index is 12.7. The minimum atomic E-state index is -0.515. The molecule has 9 nitrogen and oxygen atoms in total. The standard InChI is InChI=1S/C20H17N3O6S/c1-26-15-7-11(8-16(27-2)17(15)28-3)18(24)23-19-21-13(9-30-19)10-4-5-12-14(6-10)29-20(25)22-12/h4-9H,1-3H3,(H,22,25)(H,21,23,24). The molecule has 30 heavy (non-hydrogen) atoms. The zero-order chi connectivity index (χ0) is 21.3. The second kappa shape index (κ2) is 7.91. The molecule has 0 aliphatic heterocycles. The number of amides is 1. The molecule has 0 saturated carbocycles. The molecule has 154 valence electrons. The maximum Gasteiger partial charge on any atom is 0.417 e. The van der Waals surface area contributed by atoms with Crippen molar-refractivity contribution in [3.63, 3.8) is 0 Å². The first-order valence-corrected chi connectivity index (χ1v) is 9.60. The Labute approximate surface area is 174 Å². The van der Waals surface area contributed by atoms with Crippen LogP contribution in [0.5, 0.6) is 17.2 Å². The van der Waals surface area contributed by atoms with Crippen molar-refractivity contribution < 1.29 is 23.4 Å². The Hall–Kier alpha value is -3.79. The molecule has 2 aromatic heterocycles. The topological polar surface area (TPSA) is 116 Å². The highest BCUT2D eigenvalue weighted by Gasteiger charge is 2.18. The van der Waals surface area contributed by atoms with Gasteiger partial charge in [-0.1, -0.05) is 6.07 Å². The minimum absolute atomic E-state index is 0.330. The van der Waals surface area contributed by atoms with Crippen LogP contribution in [0.3, 0.4) is 0 Å². The number of nitrogens with zero attached hydrogens (tertiary/aromatic N) is 1. The van der Waals surface area contributed by atoms with Crippen LogP contribution in [0, 0.1) is 0 Å². The van der Waals surface area contributed by atoms with E-state index < -0.39 is 5.76 Å². The summed E-state index contributed by atoms with van der Waals surface area (Å²) in [5, 5.41) is 4.99. The number of nitrogens with one attached hydrogen (secondary N) is 2. The molecule has 1 amide bonds. The summed E-state index contributed by atoms with van der Waals surface area (Å²) < 4.78 is 20.9. The first-order chi connectivity index (χ1) is 14.5. The van der Waals surface area contributed by atoms with Gasteiger partial charge in [0.15, 0.2) is 22.2 Å². The molecule has 4 aromatic rings. The number of oxazole rings is 1. The van der Waals surface area contributed by atoms with E-state index in [9.17, 15) is 9.59 Å². The number of benzene rings is 2. The fourth-order valence-electron chi connectivity index (χ4n) is 2.95. The Bertz CT molecular complexity index is 1260. The summed E-state index contributed by atoms with van der Waals surface area (Å²) in [7, 11) is 4.46. The van der Waals surface area contributed by atoms with E-state index in [1.54, 1.807) is 29.6 Å². The number of hydrogen-bond acceptors (Lipinski definition) is 8. The molecule has 10 heteroatoms. The zero-order valence-corrected chi connectivity index (χ0v) is 17.1. The van der Waals surface area contributed by atoms with Crippen LogP contribution in [0.15, 0.2) is 44.9 Å². The average Bonchev–Trinajstić information content (AvgIpc) is 3.37. The van der Waals surface area contributed by atoms with E-state index in [0.717, 1.165) is 5.56 Å². The normalized spacial score (nSPS) is 10.8. The van der Waals surface area contributed by atoms with Crippen LogP contribution in [-0.2, 0) is 0 Å². The molecular weight excluding hydrogens is 410 g/mol. The van der Waals surface area contributed by atoms with Crippen molar-refractivity contribution in [2.24, 2.45) is 0 Å². The summed E-state index contributed by atoms with van der Waals surface area (Å²) in [5.41, 5.74) is 2.78. The molecule has 0 radical (unpaired) electrons. The summed E-state index contributed by atoms with van der Waals surface area (Å²) in [5.74, 6) is 0.270. The predicted molar refractivity (Wildman–Crippen MR) is 112 cm³/mol. The quantitative estimate of drug-likeness (QED) is 0.484. The Morgan fingerprint density at radius 1 is 1.10 bits per heavy atom. The largest absolute Gasteiger partial charge is 0.493 e. The number of H-pyrrole nitrogens is 1. The van der Waals surface area contributed by atoms with Crippen molar-refractivity contribution in [3.05, 3.63) is 51.8 Å². The average molecular weight is 427 g/mol. The molecule has 0 unspecified atom stereocenters.